The number of aliphatic hydroxyl groups excluding tert-OH is 1. The van der Waals surface area contributed by atoms with E-state index in [9.17, 15) is 4.79 Å². The Bertz CT molecular complexity index is 1090. The van der Waals surface area contributed by atoms with Crippen molar-refractivity contribution in [3.8, 4) is 0 Å². The van der Waals surface area contributed by atoms with E-state index in [0.717, 1.165) is 37.6 Å². The fourth-order valence-corrected chi connectivity index (χ4v) is 4.47. The highest BCUT2D eigenvalue weighted by molar-refractivity contribution is 7.17. The van der Waals surface area contributed by atoms with Crippen LogP contribution < -0.4 is 15.5 Å². The minimum Gasteiger partial charge on any atom is -0.395 e. The van der Waals surface area contributed by atoms with Crippen LogP contribution in [-0.2, 0) is 0 Å². The fraction of sp³-hybridized carbons (Fsp3) is 0.391. The Morgan fingerprint density at radius 3 is 2.71 bits per heavy atom. The molecular weight excluding hydrogens is 474 g/mol. The molecule has 1 fully saturated rings. The van der Waals surface area contributed by atoms with E-state index in [0.29, 0.717) is 33.9 Å². The van der Waals surface area contributed by atoms with Crippen molar-refractivity contribution in [2.75, 3.05) is 49.5 Å². The molecular formula is C23H30ClN7O2S. The number of nitrogens with one attached hydrogen (secondary N) is 2. The average molecular weight is 504 g/mol. The number of aryl methyl sites for hydroxylation is 1. The molecule has 34 heavy (non-hydrogen) atoms. The number of carbonyl (C=O) groups excluding carboxylic acids is 1. The van der Waals surface area contributed by atoms with Gasteiger partial charge in [-0.05, 0) is 26.3 Å². The summed E-state index contributed by atoms with van der Waals surface area (Å²) in [4.78, 5) is 31.0. The van der Waals surface area contributed by atoms with Gasteiger partial charge in [0.1, 0.15) is 22.3 Å². The number of thiazole rings is 1. The van der Waals surface area contributed by atoms with Crippen molar-refractivity contribution in [2.45, 2.75) is 20.8 Å². The third-order valence-electron chi connectivity index (χ3n) is 5.22. The third kappa shape index (κ3) is 6.86. The number of β-amino-alcohol motifs (C(OH)–C–C–N with tert-alkyl or cyclic N) is 1. The lowest BCUT2D eigenvalue weighted by atomic mass is 10.2. The molecule has 0 spiro atoms. The standard InChI is InChI=1S/C23H30ClN7O2S/c1-5-6-15(2)21(16(3)24)29-22(33)18-14-25-23(34-18)28-19-13-20(27-17(4)26-19)31-9-7-30(8-10-31)11-12-32/h5-6,13-14,32H,3,7-12H2,1-2,4H3,(H,29,33)(H,25,26,27,28). The van der Waals surface area contributed by atoms with Crippen LogP contribution in [0.4, 0.5) is 16.8 Å². The van der Waals surface area contributed by atoms with E-state index in [2.05, 4.69) is 42.0 Å². The Kier molecular flexibility index (Phi) is 9.17. The van der Waals surface area contributed by atoms with Crippen LogP contribution >= 0.6 is 22.9 Å². The molecule has 1 amide bonds. The van der Waals surface area contributed by atoms with Crippen LogP contribution in [0.3, 0.4) is 0 Å². The molecule has 0 bridgehead atoms. The number of hydrogen-bond acceptors (Lipinski definition) is 9. The fourth-order valence-electron chi connectivity index (χ4n) is 3.56. The minimum absolute atomic E-state index is 0.169. The number of anilines is 3. The van der Waals surface area contributed by atoms with Crippen molar-refractivity contribution in [1.29, 1.82) is 0 Å². The Labute approximate surface area is 208 Å². The third-order valence-corrected chi connectivity index (χ3v) is 6.32. The molecule has 2 aromatic rings. The largest absolute Gasteiger partial charge is 0.395 e. The maximum absolute atomic E-state index is 12.7. The first-order chi connectivity index (χ1) is 16.3. The number of nitrogens with zero attached hydrogens (tertiary/aromatic N) is 5. The molecule has 2 aromatic heterocycles. The molecule has 9 nitrogen and oxygen atoms in total. The van der Waals surface area contributed by atoms with Crippen molar-refractivity contribution in [1.82, 2.24) is 25.2 Å². The van der Waals surface area contributed by atoms with E-state index in [1.807, 2.05) is 39.0 Å². The first kappa shape index (κ1) is 25.8. The van der Waals surface area contributed by atoms with E-state index in [-0.39, 0.29) is 17.5 Å². The molecule has 182 valence electrons. The summed E-state index contributed by atoms with van der Waals surface area (Å²) >= 11 is 7.29. The van der Waals surface area contributed by atoms with Crippen molar-refractivity contribution in [3.63, 3.8) is 0 Å². The number of amides is 1. The summed E-state index contributed by atoms with van der Waals surface area (Å²) in [7, 11) is 0. The average Bonchev–Trinajstić information content (AvgIpc) is 3.26. The molecule has 0 atom stereocenters. The highest BCUT2D eigenvalue weighted by Crippen LogP contribution is 2.25. The summed E-state index contributed by atoms with van der Waals surface area (Å²) in [6.07, 6.45) is 5.23. The maximum atomic E-state index is 12.7. The Morgan fingerprint density at radius 2 is 2.06 bits per heavy atom. The quantitative estimate of drug-likeness (QED) is 0.447. The first-order valence-corrected chi connectivity index (χ1v) is 12.2. The first-order valence-electron chi connectivity index (χ1n) is 11.0. The Hall–Kier alpha value is -2.79. The Morgan fingerprint density at radius 1 is 1.32 bits per heavy atom. The van der Waals surface area contributed by atoms with Gasteiger partial charge in [0.15, 0.2) is 5.13 Å². The molecule has 3 N–H and O–H groups in total. The second-order valence-electron chi connectivity index (χ2n) is 7.78. The SMILES string of the molecule is C=C(Cl)C(NC(=O)c1cnc(Nc2cc(N3CCN(CCO)CC3)nc(C)n2)s1)=C(C)C=CC. The van der Waals surface area contributed by atoms with Gasteiger partial charge >= 0.3 is 0 Å². The van der Waals surface area contributed by atoms with Gasteiger partial charge in [-0.25, -0.2) is 15.0 Å². The van der Waals surface area contributed by atoms with Crippen LogP contribution in [0.1, 0.15) is 29.3 Å². The molecule has 0 aromatic carbocycles. The van der Waals surface area contributed by atoms with Gasteiger partial charge in [0.2, 0.25) is 0 Å². The van der Waals surface area contributed by atoms with Crippen LogP contribution in [0.2, 0.25) is 0 Å². The van der Waals surface area contributed by atoms with Crippen LogP contribution in [0, 0.1) is 6.92 Å². The van der Waals surface area contributed by atoms with Crippen LogP contribution in [0.5, 0.6) is 0 Å². The van der Waals surface area contributed by atoms with Crippen LogP contribution in [0.25, 0.3) is 0 Å². The lowest BCUT2D eigenvalue weighted by Gasteiger charge is -2.35. The molecule has 0 unspecified atom stereocenters. The summed E-state index contributed by atoms with van der Waals surface area (Å²) in [6.45, 7) is 13.6. The molecule has 0 radical (unpaired) electrons. The normalized spacial score (nSPS) is 15.4. The van der Waals surface area contributed by atoms with Gasteiger partial charge in [-0.1, -0.05) is 41.7 Å². The molecule has 1 saturated heterocycles. The van der Waals surface area contributed by atoms with E-state index in [4.69, 9.17) is 16.7 Å². The lowest BCUT2D eigenvalue weighted by Crippen LogP contribution is -2.47. The van der Waals surface area contributed by atoms with E-state index >= 15 is 0 Å². The van der Waals surface area contributed by atoms with Crippen LogP contribution in [0.15, 0.2) is 47.3 Å². The molecule has 1 aliphatic rings. The van der Waals surface area contributed by atoms with E-state index < -0.39 is 0 Å². The molecule has 0 saturated carbocycles. The van der Waals surface area contributed by atoms with E-state index in [1.54, 1.807) is 0 Å². The van der Waals surface area contributed by atoms with Gasteiger partial charge in [-0.15, -0.1) is 0 Å². The summed E-state index contributed by atoms with van der Waals surface area (Å²) in [6, 6.07) is 1.88. The van der Waals surface area contributed by atoms with Crippen molar-refractivity contribution in [3.05, 3.63) is 58.0 Å². The highest BCUT2D eigenvalue weighted by Gasteiger charge is 2.19. The zero-order valence-corrected chi connectivity index (χ0v) is 21.2. The second-order valence-corrected chi connectivity index (χ2v) is 9.27. The van der Waals surface area contributed by atoms with Gasteiger partial charge in [-0.3, -0.25) is 9.69 Å². The van der Waals surface area contributed by atoms with Crippen molar-refractivity contribution < 1.29 is 9.90 Å². The molecule has 0 aliphatic carbocycles. The summed E-state index contributed by atoms with van der Waals surface area (Å²) in [5.74, 6) is 1.77. The smallest absolute Gasteiger partial charge is 0.267 e. The minimum atomic E-state index is -0.313. The number of carbonyl (C=O) groups is 1. The predicted octanol–water partition coefficient (Wildman–Crippen LogP) is 3.43. The summed E-state index contributed by atoms with van der Waals surface area (Å²) in [5.41, 5.74) is 1.28. The number of allylic oxidation sites excluding steroid dienone is 4. The molecule has 3 rings (SSSR count). The number of piperazine rings is 1. The molecule has 11 heteroatoms. The number of aliphatic hydroxyl groups is 1. The number of aromatic nitrogens is 3. The van der Waals surface area contributed by atoms with Gasteiger partial charge in [0.25, 0.3) is 5.91 Å². The summed E-state index contributed by atoms with van der Waals surface area (Å²) in [5, 5.41) is 15.9. The zero-order valence-electron chi connectivity index (χ0n) is 19.6. The van der Waals surface area contributed by atoms with Gasteiger partial charge in [-0.2, -0.15) is 0 Å². The number of rotatable bonds is 9. The predicted molar refractivity (Wildman–Crippen MR) is 138 cm³/mol. The highest BCUT2D eigenvalue weighted by atomic mass is 35.5. The van der Waals surface area contributed by atoms with Crippen molar-refractivity contribution >= 4 is 45.6 Å². The molecule has 3 heterocycles. The monoisotopic (exact) mass is 503 g/mol. The van der Waals surface area contributed by atoms with E-state index in [1.165, 1.54) is 17.5 Å². The number of halogens is 1. The second kappa shape index (κ2) is 12.1. The Balaban J connectivity index is 1.69. The van der Waals surface area contributed by atoms with Gasteiger partial charge in [0, 0.05) is 38.8 Å². The van der Waals surface area contributed by atoms with Gasteiger partial charge in [0.05, 0.1) is 23.5 Å². The topological polar surface area (TPSA) is 107 Å². The zero-order chi connectivity index (χ0) is 24.7. The van der Waals surface area contributed by atoms with Crippen LogP contribution in [-0.4, -0.2) is 70.2 Å². The molecule has 1 aliphatic heterocycles. The van der Waals surface area contributed by atoms with Gasteiger partial charge < -0.3 is 20.6 Å². The van der Waals surface area contributed by atoms with Crippen molar-refractivity contribution in [2.24, 2.45) is 0 Å². The summed E-state index contributed by atoms with van der Waals surface area (Å²) < 4.78 is 0. The lowest BCUT2D eigenvalue weighted by molar-refractivity contribution is 0.0970. The number of hydrogen-bond donors (Lipinski definition) is 3. The maximum Gasteiger partial charge on any atom is 0.267 e.